The summed E-state index contributed by atoms with van der Waals surface area (Å²) in [5.74, 6) is -1.88. The molecule has 1 saturated heterocycles. The first-order valence-corrected chi connectivity index (χ1v) is 10.9. The van der Waals surface area contributed by atoms with Gasteiger partial charge in [-0.15, -0.1) is 0 Å². The molecule has 0 amide bonds. The van der Waals surface area contributed by atoms with Gasteiger partial charge in [-0.05, 0) is 31.7 Å². The number of benzene rings is 1. The Labute approximate surface area is 186 Å². The summed E-state index contributed by atoms with van der Waals surface area (Å²) in [6.07, 6.45) is 6.25. The van der Waals surface area contributed by atoms with Crippen molar-refractivity contribution < 1.29 is 23.4 Å². The van der Waals surface area contributed by atoms with Gasteiger partial charge in [0.05, 0.1) is 6.54 Å². The number of carbonyl (C=O) groups excluding carboxylic acids is 1. The molecule has 7 nitrogen and oxygen atoms in total. The molecule has 0 aliphatic carbocycles. The number of halogens is 2. The molecule has 0 radical (unpaired) electrons. The van der Waals surface area contributed by atoms with E-state index in [9.17, 15) is 18.7 Å². The SMILES string of the molecule is C=C(CCCC)C(=O)OC1CCN(CC(O)(Cn2cncn2)c2ccc(F)cc2F)CC1. The third kappa shape index (κ3) is 6.20. The topological polar surface area (TPSA) is 80.5 Å². The van der Waals surface area contributed by atoms with Crippen molar-refractivity contribution >= 4 is 5.97 Å². The average Bonchev–Trinajstić information content (AvgIpc) is 3.25. The molecule has 1 atom stereocenters. The number of hydrogen-bond acceptors (Lipinski definition) is 6. The number of aliphatic hydroxyl groups is 1. The Morgan fingerprint density at radius 3 is 2.69 bits per heavy atom. The molecule has 1 aliphatic heterocycles. The number of β-amino-alcohol motifs (C(OH)–C–C–N with tert-alkyl or cyclic N) is 1. The first kappa shape index (κ1) is 24.0. The zero-order chi connectivity index (χ0) is 23.1. The smallest absolute Gasteiger partial charge is 0.333 e. The number of unbranched alkanes of at least 4 members (excludes halogenated alkanes) is 1. The molecule has 9 heteroatoms. The van der Waals surface area contributed by atoms with E-state index < -0.39 is 17.2 Å². The van der Waals surface area contributed by atoms with Crippen molar-refractivity contribution in [2.24, 2.45) is 0 Å². The van der Waals surface area contributed by atoms with Crippen LogP contribution in [0.1, 0.15) is 44.6 Å². The van der Waals surface area contributed by atoms with E-state index in [1.165, 1.54) is 23.4 Å². The van der Waals surface area contributed by atoms with Crippen LogP contribution in [0, 0.1) is 11.6 Å². The lowest BCUT2D eigenvalue weighted by Crippen LogP contribution is -2.48. The van der Waals surface area contributed by atoms with Gasteiger partial charge in [-0.2, -0.15) is 5.10 Å². The van der Waals surface area contributed by atoms with Crippen LogP contribution in [0.15, 0.2) is 43.0 Å². The Morgan fingerprint density at radius 1 is 1.31 bits per heavy atom. The van der Waals surface area contributed by atoms with Gasteiger partial charge in [0.2, 0.25) is 0 Å². The number of hydrogen-bond donors (Lipinski definition) is 1. The second kappa shape index (κ2) is 10.8. The summed E-state index contributed by atoms with van der Waals surface area (Å²) < 4.78 is 35.0. The fourth-order valence-electron chi connectivity index (χ4n) is 3.95. The summed E-state index contributed by atoms with van der Waals surface area (Å²) in [6, 6.07) is 3.15. The van der Waals surface area contributed by atoms with Crippen LogP contribution in [0.5, 0.6) is 0 Å². The zero-order valence-electron chi connectivity index (χ0n) is 18.3. The summed E-state index contributed by atoms with van der Waals surface area (Å²) >= 11 is 0. The lowest BCUT2D eigenvalue weighted by Gasteiger charge is -2.38. The first-order chi connectivity index (χ1) is 15.3. The lowest BCUT2D eigenvalue weighted by molar-refractivity contribution is -0.147. The van der Waals surface area contributed by atoms with Crippen molar-refractivity contribution in [2.75, 3.05) is 19.6 Å². The standard InChI is InChI=1S/C23H30F2N4O3/c1-3-4-5-17(2)22(30)32-19-8-10-28(11-9-19)13-23(31,14-29-16-26-15-27-29)20-7-6-18(24)12-21(20)25/h6-7,12,15-16,19,31H,2-5,8-11,13-14H2,1H3. The predicted molar refractivity (Wildman–Crippen MR) is 114 cm³/mol. The molecule has 0 saturated carbocycles. The van der Waals surface area contributed by atoms with E-state index in [2.05, 4.69) is 23.6 Å². The Balaban J connectivity index is 1.64. The van der Waals surface area contributed by atoms with Gasteiger partial charge in [0.15, 0.2) is 0 Å². The summed E-state index contributed by atoms with van der Waals surface area (Å²) in [5, 5.41) is 15.5. The van der Waals surface area contributed by atoms with Crippen LogP contribution in [-0.2, 0) is 21.7 Å². The number of ether oxygens (including phenoxy) is 1. The van der Waals surface area contributed by atoms with Crippen LogP contribution in [0.25, 0.3) is 0 Å². The number of aromatic nitrogens is 3. The lowest BCUT2D eigenvalue weighted by atomic mass is 9.91. The third-order valence-corrected chi connectivity index (χ3v) is 5.74. The van der Waals surface area contributed by atoms with E-state index in [0.29, 0.717) is 37.9 Å². The van der Waals surface area contributed by atoms with Gasteiger partial charge in [0.1, 0.15) is 36.0 Å². The highest BCUT2D eigenvalue weighted by Gasteiger charge is 2.37. The van der Waals surface area contributed by atoms with E-state index in [0.717, 1.165) is 25.0 Å². The quantitative estimate of drug-likeness (QED) is 0.444. The molecule has 1 aliphatic rings. The van der Waals surface area contributed by atoms with Crippen LogP contribution in [0.3, 0.4) is 0 Å². The minimum atomic E-state index is -1.65. The maximum absolute atomic E-state index is 14.6. The molecule has 2 aromatic rings. The molecule has 2 heterocycles. The van der Waals surface area contributed by atoms with E-state index in [1.54, 1.807) is 0 Å². The van der Waals surface area contributed by atoms with Crippen LogP contribution in [0.4, 0.5) is 8.78 Å². The van der Waals surface area contributed by atoms with Gasteiger partial charge in [0.25, 0.3) is 0 Å². The molecule has 1 fully saturated rings. The van der Waals surface area contributed by atoms with E-state index in [4.69, 9.17) is 4.74 Å². The fraction of sp³-hybridized carbons (Fsp3) is 0.522. The van der Waals surface area contributed by atoms with Crippen LogP contribution in [0.2, 0.25) is 0 Å². The number of likely N-dealkylation sites (tertiary alicyclic amines) is 1. The highest BCUT2D eigenvalue weighted by molar-refractivity contribution is 5.87. The Hall–Kier alpha value is -2.65. The average molecular weight is 449 g/mol. The highest BCUT2D eigenvalue weighted by atomic mass is 19.1. The summed E-state index contributed by atoms with van der Waals surface area (Å²) in [7, 11) is 0. The van der Waals surface area contributed by atoms with Gasteiger partial charge in [-0.25, -0.2) is 23.2 Å². The number of rotatable bonds is 10. The molecule has 3 rings (SSSR count). The van der Waals surface area contributed by atoms with Crippen molar-refractivity contribution in [2.45, 2.75) is 57.3 Å². The molecular weight excluding hydrogens is 418 g/mol. The van der Waals surface area contributed by atoms with Crippen molar-refractivity contribution in [3.05, 3.63) is 60.2 Å². The van der Waals surface area contributed by atoms with Crippen LogP contribution >= 0.6 is 0 Å². The first-order valence-electron chi connectivity index (χ1n) is 10.9. The predicted octanol–water partition coefficient (Wildman–Crippen LogP) is 3.20. The Morgan fingerprint density at radius 2 is 2.06 bits per heavy atom. The minimum absolute atomic E-state index is 0.00447. The van der Waals surface area contributed by atoms with Gasteiger partial charge >= 0.3 is 5.97 Å². The van der Waals surface area contributed by atoms with Crippen molar-refractivity contribution in [3.63, 3.8) is 0 Å². The maximum Gasteiger partial charge on any atom is 0.333 e. The van der Waals surface area contributed by atoms with Gasteiger partial charge in [0, 0.05) is 36.8 Å². The Bertz CT molecular complexity index is 914. The molecule has 32 heavy (non-hydrogen) atoms. The second-order valence-corrected chi connectivity index (χ2v) is 8.34. The molecule has 1 aromatic carbocycles. The normalized spacial score (nSPS) is 17.1. The second-order valence-electron chi connectivity index (χ2n) is 8.34. The van der Waals surface area contributed by atoms with E-state index in [1.807, 2.05) is 4.90 Å². The molecule has 1 aromatic heterocycles. The molecule has 0 spiro atoms. The van der Waals surface area contributed by atoms with Gasteiger partial charge in [-0.3, -0.25) is 4.90 Å². The summed E-state index contributed by atoms with van der Waals surface area (Å²) in [5.41, 5.74) is -1.16. The maximum atomic E-state index is 14.6. The highest BCUT2D eigenvalue weighted by Crippen LogP contribution is 2.29. The molecule has 0 bridgehead atoms. The van der Waals surface area contributed by atoms with Crippen LogP contribution in [-0.4, -0.2) is 56.5 Å². The summed E-state index contributed by atoms with van der Waals surface area (Å²) in [4.78, 5) is 18.0. The summed E-state index contributed by atoms with van der Waals surface area (Å²) in [6.45, 7) is 7.05. The monoisotopic (exact) mass is 448 g/mol. The number of esters is 1. The van der Waals surface area contributed by atoms with Crippen molar-refractivity contribution in [1.29, 1.82) is 0 Å². The molecule has 1 unspecified atom stereocenters. The Kier molecular flexibility index (Phi) is 8.09. The largest absolute Gasteiger partial charge is 0.459 e. The van der Waals surface area contributed by atoms with E-state index >= 15 is 0 Å². The zero-order valence-corrected chi connectivity index (χ0v) is 18.3. The molecular formula is C23H30F2N4O3. The third-order valence-electron chi connectivity index (χ3n) is 5.74. The molecule has 1 N–H and O–H groups in total. The molecule has 174 valence electrons. The van der Waals surface area contributed by atoms with E-state index in [-0.39, 0.29) is 30.7 Å². The number of piperidine rings is 1. The van der Waals surface area contributed by atoms with Gasteiger partial charge in [-0.1, -0.05) is 26.0 Å². The van der Waals surface area contributed by atoms with Crippen molar-refractivity contribution in [3.8, 4) is 0 Å². The van der Waals surface area contributed by atoms with Gasteiger partial charge < -0.3 is 9.84 Å². The fourth-order valence-corrected chi connectivity index (χ4v) is 3.95. The van der Waals surface area contributed by atoms with Crippen LogP contribution < -0.4 is 0 Å². The number of nitrogens with zero attached hydrogens (tertiary/aromatic N) is 4. The van der Waals surface area contributed by atoms with Crippen molar-refractivity contribution in [1.82, 2.24) is 19.7 Å². The minimum Gasteiger partial charge on any atom is -0.459 e. The number of carbonyl (C=O) groups is 1.